The van der Waals surface area contributed by atoms with Crippen molar-refractivity contribution in [3.05, 3.63) is 16.4 Å². The molecule has 1 aliphatic rings. The van der Waals surface area contributed by atoms with Gasteiger partial charge in [0.05, 0.1) is 0 Å². The first-order valence-electron chi connectivity index (χ1n) is 4.46. The van der Waals surface area contributed by atoms with Crippen molar-refractivity contribution in [2.24, 2.45) is 0 Å². The van der Waals surface area contributed by atoms with E-state index in [-0.39, 0.29) is 0 Å². The Morgan fingerprint density at radius 1 is 1.57 bits per heavy atom. The molecular weight excluding hydrogens is 208 g/mol. The van der Waals surface area contributed by atoms with Crippen LogP contribution in [0.5, 0.6) is 0 Å². The molecule has 14 heavy (non-hydrogen) atoms. The smallest absolute Gasteiger partial charge is 0.296 e. The minimum Gasteiger partial charge on any atom is -0.296 e. The van der Waals surface area contributed by atoms with E-state index in [2.05, 4.69) is 9.68 Å². The van der Waals surface area contributed by atoms with Gasteiger partial charge in [-0.1, -0.05) is 11.6 Å². The normalized spacial score (nSPS) is 21.4. The zero-order valence-corrected chi connectivity index (χ0v) is 8.16. The van der Waals surface area contributed by atoms with Gasteiger partial charge >= 0.3 is 5.76 Å². The first-order chi connectivity index (χ1) is 6.70. The van der Waals surface area contributed by atoms with E-state index in [1.54, 1.807) is 0 Å². The van der Waals surface area contributed by atoms with Gasteiger partial charge in [0.1, 0.15) is 6.04 Å². The molecule has 0 aromatic carbocycles. The van der Waals surface area contributed by atoms with Crippen LogP contribution < -0.4 is 5.76 Å². The van der Waals surface area contributed by atoms with Gasteiger partial charge in [0.15, 0.2) is 5.82 Å². The van der Waals surface area contributed by atoms with Gasteiger partial charge in [-0.15, -0.1) is 0 Å². The van der Waals surface area contributed by atoms with Crippen molar-refractivity contribution in [3.63, 3.8) is 0 Å². The highest BCUT2D eigenvalue weighted by molar-refractivity contribution is 6.64. The van der Waals surface area contributed by atoms with Crippen LogP contribution in [0.2, 0.25) is 0 Å². The molecule has 2 heterocycles. The molecule has 5 nitrogen and oxygen atoms in total. The number of carbonyl (C=O) groups excluding carboxylic acids is 1. The molecule has 0 amide bonds. The van der Waals surface area contributed by atoms with Crippen molar-refractivity contribution < 1.29 is 9.32 Å². The largest absolute Gasteiger partial charge is 0.442 e. The zero-order chi connectivity index (χ0) is 10.1. The van der Waals surface area contributed by atoms with Crippen LogP contribution in [0.25, 0.3) is 0 Å². The van der Waals surface area contributed by atoms with Gasteiger partial charge in [-0.05, 0) is 24.4 Å². The standard InChI is InChI=1S/C8H9ClN2O3/c9-7(12)5-3-1-2-4-6-10-14-8(13)11(5)6/h5H,1-4H2. The molecule has 0 saturated carbocycles. The van der Waals surface area contributed by atoms with Crippen molar-refractivity contribution in [1.29, 1.82) is 0 Å². The summed E-state index contributed by atoms with van der Waals surface area (Å²) in [5, 5.41) is 3.08. The maximum Gasteiger partial charge on any atom is 0.442 e. The molecule has 2 rings (SSSR count). The predicted molar refractivity (Wildman–Crippen MR) is 48.2 cm³/mol. The van der Waals surface area contributed by atoms with E-state index in [1.165, 1.54) is 4.57 Å². The molecule has 0 aliphatic carbocycles. The SMILES string of the molecule is O=C(Cl)C1CCCCc2noc(=O)n21. The lowest BCUT2D eigenvalue weighted by molar-refractivity contribution is -0.114. The lowest BCUT2D eigenvalue weighted by Crippen LogP contribution is -2.25. The number of halogens is 1. The Balaban J connectivity index is 2.50. The molecule has 0 saturated heterocycles. The predicted octanol–water partition coefficient (Wildman–Crippen LogP) is 0.869. The minimum atomic E-state index is -0.604. The summed E-state index contributed by atoms with van der Waals surface area (Å²) in [6.45, 7) is 0. The molecule has 0 N–H and O–H groups in total. The lowest BCUT2D eigenvalue weighted by atomic mass is 10.1. The molecule has 0 radical (unpaired) electrons. The van der Waals surface area contributed by atoms with Crippen LogP contribution in [0.15, 0.2) is 9.32 Å². The summed E-state index contributed by atoms with van der Waals surface area (Å²) in [7, 11) is 0. The monoisotopic (exact) mass is 216 g/mol. The summed E-state index contributed by atoms with van der Waals surface area (Å²) in [4.78, 5) is 22.4. The Morgan fingerprint density at radius 3 is 3.07 bits per heavy atom. The fraction of sp³-hybridized carbons (Fsp3) is 0.625. The van der Waals surface area contributed by atoms with E-state index in [4.69, 9.17) is 11.6 Å². The molecular formula is C8H9ClN2O3. The molecule has 1 aromatic heterocycles. The van der Waals surface area contributed by atoms with Gasteiger partial charge in [0, 0.05) is 6.42 Å². The highest BCUT2D eigenvalue weighted by atomic mass is 35.5. The van der Waals surface area contributed by atoms with Gasteiger partial charge in [-0.25, -0.2) is 9.36 Å². The Kier molecular flexibility index (Phi) is 2.41. The second-order valence-electron chi connectivity index (χ2n) is 3.30. The van der Waals surface area contributed by atoms with E-state index in [0.717, 1.165) is 12.8 Å². The Morgan fingerprint density at radius 2 is 2.36 bits per heavy atom. The third-order valence-electron chi connectivity index (χ3n) is 2.41. The number of hydrogen-bond donors (Lipinski definition) is 0. The number of nitrogens with zero attached hydrogens (tertiary/aromatic N) is 2. The Hall–Kier alpha value is -1.10. The third kappa shape index (κ3) is 1.48. The average Bonchev–Trinajstić information content (AvgIpc) is 2.38. The molecule has 0 fully saturated rings. The first kappa shape index (κ1) is 9.45. The topological polar surface area (TPSA) is 65.1 Å². The van der Waals surface area contributed by atoms with Crippen LogP contribution >= 0.6 is 11.6 Å². The van der Waals surface area contributed by atoms with E-state index in [9.17, 15) is 9.59 Å². The second kappa shape index (κ2) is 3.57. The van der Waals surface area contributed by atoms with Gasteiger partial charge in [0.25, 0.3) is 0 Å². The van der Waals surface area contributed by atoms with E-state index >= 15 is 0 Å². The van der Waals surface area contributed by atoms with Crippen LogP contribution in [0.3, 0.4) is 0 Å². The number of aryl methyl sites for hydroxylation is 1. The molecule has 76 valence electrons. The fourth-order valence-electron chi connectivity index (χ4n) is 1.72. The first-order valence-corrected chi connectivity index (χ1v) is 4.84. The van der Waals surface area contributed by atoms with Crippen molar-refractivity contribution in [1.82, 2.24) is 9.72 Å². The van der Waals surface area contributed by atoms with Gasteiger partial charge < -0.3 is 0 Å². The lowest BCUT2D eigenvalue weighted by Gasteiger charge is -2.09. The van der Waals surface area contributed by atoms with Crippen LogP contribution in [-0.4, -0.2) is 15.0 Å². The van der Waals surface area contributed by atoms with E-state index < -0.39 is 17.0 Å². The summed E-state index contributed by atoms with van der Waals surface area (Å²) < 4.78 is 5.77. The molecule has 1 aromatic rings. The zero-order valence-electron chi connectivity index (χ0n) is 7.40. The average molecular weight is 217 g/mol. The fourth-order valence-corrected chi connectivity index (χ4v) is 1.93. The van der Waals surface area contributed by atoms with Crippen LogP contribution in [-0.2, 0) is 11.2 Å². The Labute approximate surface area is 84.6 Å². The molecule has 6 heteroatoms. The van der Waals surface area contributed by atoms with Crippen molar-refractivity contribution in [2.75, 3.05) is 0 Å². The number of aromatic nitrogens is 2. The van der Waals surface area contributed by atoms with E-state index in [1.807, 2.05) is 0 Å². The highest BCUT2D eigenvalue weighted by Gasteiger charge is 2.27. The van der Waals surface area contributed by atoms with Crippen LogP contribution in [0.1, 0.15) is 31.1 Å². The summed E-state index contributed by atoms with van der Waals surface area (Å²) in [5.74, 6) is -0.0765. The third-order valence-corrected chi connectivity index (χ3v) is 2.66. The maximum atomic E-state index is 11.3. The number of rotatable bonds is 1. The molecule has 1 aliphatic heterocycles. The minimum absolute atomic E-state index is 0.520. The second-order valence-corrected chi connectivity index (χ2v) is 3.67. The number of fused-ring (bicyclic) bond motifs is 1. The van der Waals surface area contributed by atoms with Crippen LogP contribution in [0.4, 0.5) is 0 Å². The van der Waals surface area contributed by atoms with Gasteiger partial charge in [-0.2, -0.15) is 0 Å². The van der Waals surface area contributed by atoms with Crippen molar-refractivity contribution in [2.45, 2.75) is 31.7 Å². The van der Waals surface area contributed by atoms with Gasteiger partial charge in [0.2, 0.25) is 5.24 Å². The van der Waals surface area contributed by atoms with Gasteiger partial charge in [-0.3, -0.25) is 9.32 Å². The molecule has 1 unspecified atom stereocenters. The summed E-state index contributed by atoms with van der Waals surface area (Å²) >= 11 is 5.42. The maximum absolute atomic E-state index is 11.3. The summed E-state index contributed by atoms with van der Waals surface area (Å²) in [6, 6.07) is -0.604. The van der Waals surface area contributed by atoms with Crippen molar-refractivity contribution >= 4 is 16.8 Å². The van der Waals surface area contributed by atoms with Crippen LogP contribution in [0, 0.1) is 0 Å². The molecule has 0 bridgehead atoms. The van der Waals surface area contributed by atoms with E-state index in [0.29, 0.717) is 18.7 Å². The molecule has 0 spiro atoms. The summed E-state index contributed by atoms with van der Waals surface area (Å²) in [6.07, 6.45) is 3.00. The van der Waals surface area contributed by atoms with Crippen molar-refractivity contribution in [3.8, 4) is 0 Å². The quantitative estimate of drug-likeness (QED) is 0.654. The summed E-state index contributed by atoms with van der Waals surface area (Å²) in [5.41, 5.74) is 0. The number of carbonyl (C=O) groups is 1. The number of hydrogen-bond acceptors (Lipinski definition) is 4. The Bertz CT molecular complexity index is 409. The molecule has 1 atom stereocenters. The highest BCUT2D eigenvalue weighted by Crippen LogP contribution is 2.22.